The third-order valence-electron chi connectivity index (χ3n) is 11.4. The molecule has 4 heteroatoms. The summed E-state index contributed by atoms with van der Waals surface area (Å²) in [6.45, 7) is 13.6. The van der Waals surface area contributed by atoms with Crippen LogP contribution in [0.2, 0.25) is 0 Å². The molecule has 4 nitrogen and oxygen atoms in total. The van der Waals surface area contributed by atoms with E-state index in [9.17, 15) is 9.59 Å². The molecule has 10 atom stereocenters. The molecule has 0 aromatic carbocycles. The molecule has 0 radical (unpaired) electrons. The van der Waals surface area contributed by atoms with Crippen LogP contribution in [-0.2, 0) is 19.1 Å². The molecule has 1 spiro atoms. The Kier molecular flexibility index (Phi) is 5.82. The lowest BCUT2D eigenvalue weighted by Gasteiger charge is -2.59. The van der Waals surface area contributed by atoms with Gasteiger partial charge in [0.2, 0.25) is 0 Å². The molecule has 0 amide bonds. The van der Waals surface area contributed by atoms with Crippen molar-refractivity contribution in [1.82, 2.24) is 0 Å². The number of Topliss-reactive ketones (excluding diaryl/α,β-unsaturated/α-hetero) is 1. The molecule has 33 heavy (non-hydrogen) atoms. The van der Waals surface area contributed by atoms with Crippen molar-refractivity contribution in [2.24, 2.45) is 46.3 Å². The Bertz CT molecular complexity index is 805. The maximum atomic E-state index is 13.7. The van der Waals surface area contributed by atoms with Crippen molar-refractivity contribution >= 4 is 11.8 Å². The molecule has 0 bridgehead atoms. The zero-order chi connectivity index (χ0) is 23.8. The Morgan fingerprint density at radius 3 is 2.52 bits per heavy atom. The number of rotatable bonds is 6. The lowest BCUT2D eigenvalue weighted by atomic mass is 9.44. The van der Waals surface area contributed by atoms with Gasteiger partial charge >= 0.3 is 5.97 Å². The van der Waals surface area contributed by atoms with E-state index in [1.54, 1.807) is 0 Å². The fourth-order valence-corrected chi connectivity index (χ4v) is 9.83. The standard InChI is InChI=1S/C29H46O4/c1-17(2)8-7-9-18(3)21-10-11-22-20-16-25(31)29-26(33-29)24(32-19(4)30)13-15-28(29,6)23(20)12-14-27(21,22)5/h17-18,20-24,26H,7-16H2,1-6H3/t18-,20+,21-,22+,23+,24+,26+,27-,28-,29+/m1/s1. The molecule has 4 saturated carbocycles. The van der Waals surface area contributed by atoms with Gasteiger partial charge in [0.15, 0.2) is 11.4 Å². The van der Waals surface area contributed by atoms with Gasteiger partial charge in [-0.1, -0.05) is 53.9 Å². The minimum Gasteiger partial charge on any atom is -0.460 e. The van der Waals surface area contributed by atoms with Crippen molar-refractivity contribution < 1.29 is 19.1 Å². The van der Waals surface area contributed by atoms with E-state index in [1.807, 2.05) is 0 Å². The summed E-state index contributed by atoms with van der Waals surface area (Å²) >= 11 is 0. The van der Waals surface area contributed by atoms with Crippen LogP contribution in [0.4, 0.5) is 0 Å². The first-order chi connectivity index (χ1) is 15.5. The average Bonchev–Trinajstić information content (AvgIpc) is 3.40. The molecular formula is C29H46O4. The maximum Gasteiger partial charge on any atom is 0.302 e. The highest BCUT2D eigenvalue weighted by Crippen LogP contribution is 2.73. The average molecular weight is 459 g/mol. The Morgan fingerprint density at radius 2 is 1.82 bits per heavy atom. The maximum absolute atomic E-state index is 13.7. The van der Waals surface area contributed by atoms with Crippen LogP contribution in [0.5, 0.6) is 0 Å². The number of esters is 1. The number of ether oxygens (including phenoxy) is 2. The number of hydrogen-bond donors (Lipinski definition) is 0. The zero-order valence-electron chi connectivity index (χ0n) is 21.8. The monoisotopic (exact) mass is 458 g/mol. The molecule has 0 aromatic heterocycles. The number of carbonyl (C=O) groups is 2. The van der Waals surface area contributed by atoms with Crippen LogP contribution in [0.25, 0.3) is 0 Å². The van der Waals surface area contributed by atoms with Crippen LogP contribution in [-0.4, -0.2) is 29.6 Å². The molecule has 4 aliphatic carbocycles. The van der Waals surface area contributed by atoms with Gasteiger partial charge in [0.25, 0.3) is 0 Å². The second-order valence-electron chi connectivity index (χ2n) is 13.4. The van der Waals surface area contributed by atoms with E-state index in [2.05, 4.69) is 34.6 Å². The summed E-state index contributed by atoms with van der Waals surface area (Å²) in [4.78, 5) is 25.3. The smallest absolute Gasteiger partial charge is 0.302 e. The second-order valence-corrected chi connectivity index (χ2v) is 13.4. The van der Waals surface area contributed by atoms with E-state index in [0.29, 0.717) is 35.4 Å². The SMILES string of the molecule is CC(=O)O[C@H]1CC[C@]2(C)[C@H]3CC[C@]4(C)[C@@H]([C@H](C)CCCC(C)C)CC[C@H]4[C@@H]3CC(=O)[C@@]23O[C@@H]13. The first-order valence-electron chi connectivity index (χ1n) is 13.9. The normalized spacial score (nSPS) is 49.0. The first kappa shape index (κ1) is 23.8. The fraction of sp³-hybridized carbons (Fsp3) is 0.931. The van der Waals surface area contributed by atoms with Gasteiger partial charge in [0.1, 0.15) is 12.2 Å². The summed E-state index contributed by atoms with van der Waals surface area (Å²) in [6.07, 6.45) is 11.2. The lowest BCUT2D eigenvalue weighted by molar-refractivity contribution is -0.161. The van der Waals surface area contributed by atoms with E-state index in [0.717, 1.165) is 30.6 Å². The molecule has 5 rings (SSSR count). The highest BCUT2D eigenvalue weighted by molar-refractivity contribution is 5.93. The fourth-order valence-electron chi connectivity index (χ4n) is 9.83. The van der Waals surface area contributed by atoms with Crippen molar-refractivity contribution in [2.45, 2.75) is 124 Å². The van der Waals surface area contributed by atoms with Crippen molar-refractivity contribution in [2.75, 3.05) is 0 Å². The summed E-state index contributed by atoms with van der Waals surface area (Å²) in [6, 6.07) is 0. The summed E-state index contributed by atoms with van der Waals surface area (Å²) in [5.41, 5.74) is -0.392. The number of fused-ring (bicyclic) bond motifs is 4. The Labute approximate surface area is 200 Å². The van der Waals surface area contributed by atoms with Crippen LogP contribution in [0, 0.1) is 46.3 Å². The molecule has 1 saturated heterocycles. The Balaban J connectivity index is 1.34. The van der Waals surface area contributed by atoms with Gasteiger partial charge in [-0.15, -0.1) is 0 Å². The number of carbonyl (C=O) groups excluding carboxylic acids is 2. The van der Waals surface area contributed by atoms with E-state index >= 15 is 0 Å². The van der Waals surface area contributed by atoms with Gasteiger partial charge in [0, 0.05) is 18.8 Å². The molecule has 1 heterocycles. The molecule has 1 aliphatic heterocycles. The summed E-state index contributed by atoms with van der Waals surface area (Å²) < 4.78 is 11.9. The molecular weight excluding hydrogens is 412 g/mol. The molecule has 0 unspecified atom stereocenters. The molecule has 0 N–H and O–H groups in total. The molecule has 5 fully saturated rings. The first-order valence-corrected chi connectivity index (χ1v) is 13.9. The van der Waals surface area contributed by atoms with Gasteiger partial charge in [-0.05, 0) is 79.4 Å². The Morgan fingerprint density at radius 1 is 1.06 bits per heavy atom. The Hall–Kier alpha value is -0.900. The molecule has 186 valence electrons. The second kappa shape index (κ2) is 8.07. The van der Waals surface area contributed by atoms with Crippen molar-refractivity contribution in [3.63, 3.8) is 0 Å². The third kappa shape index (κ3) is 3.39. The summed E-state index contributed by atoms with van der Waals surface area (Å²) in [5.74, 6) is 4.18. The number of ketones is 1. The minimum absolute atomic E-state index is 0.101. The van der Waals surface area contributed by atoms with E-state index in [-0.39, 0.29) is 23.6 Å². The van der Waals surface area contributed by atoms with Crippen molar-refractivity contribution in [3.05, 3.63) is 0 Å². The van der Waals surface area contributed by atoms with Gasteiger partial charge < -0.3 is 9.47 Å². The van der Waals surface area contributed by atoms with Gasteiger partial charge in [-0.3, -0.25) is 9.59 Å². The van der Waals surface area contributed by atoms with Crippen molar-refractivity contribution in [3.8, 4) is 0 Å². The van der Waals surface area contributed by atoms with Gasteiger partial charge in [-0.2, -0.15) is 0 Å². The molecule has 0 aromatic rings. The third-order valence-corrected chi connectivity index (χ3v) is 11.4. The predicted octanol–water partition coefficient (Wildman–Crippen LogP) is 6.35. The minimum atomic E-state index is -0.678. The van der Waals surface area contributed by atoms with Gasteiger partial charge in [-0.25, -0.2) is 0 Å². The van der Waals surface area contributed by atoms with E-state index in [4.69, 9.17) is 9.47 Å². The highest BCUT2D eigenvalue weighted by Gasteiger charge is 2.80. The molecule has 5 aliphatic rings. The van der Waals surface area contributed by atoms with Gasteiger partial charge in [0.05, 0.1) is 0 Å². The quantitative estimate of drug-likeness (QED) is 0.344. The van der Waals surface area contributed by atoms with Crippen LogP contribution in [0.15, 0.2) is 0 Å². The van der Waals surface area contributed by atoms with E-state index in [1.165, 1.54) is 51.9 Å². The number of epoxide rings is 1. The van der Waals surface area contributed by atoms with E-state index < -0.39 is 5.60 Å². The topological polar surface area (TPSA) is 55.9 Å². The van der Waals surface area contributed by atoms with Crippen LogP contribution >= 0.6 is 0 Å². The zero-order valence-corrected chi connectivity index (χ0v) is 21.8. The van der Waals surface area contributed by atoms with Crippen LogP contribution < -0.4 is 0 Å². The van der Waals surface area contributed by atoms with Crippen LogP contribution in [0.3, 0.4) is 0 Å². The largest absolute Gasteiger partial charge is 0.460 e. The lowest BCUT2D eigenvalue weighted by Crippen LogP contribution is -2.62. The predicted molar refractivity (Wildman–Crippen MR) is 129 cm³/mol. The highest BCUT2D eigenvalue weighted by atomic mass is 16.7. The number of hydrogen-bond acceptors (Lipinski definition) is 4. The van der Waals surface area contributed by atoms with Crippen molar-refractivity contribution in [1.29, 1.82) is 0 Å². The summed E-state index contributed by atoms with van der Waals surface area (Å²) in [7, 11) is 0. The summed E-state index contributed by atoms with van der Waals surface area (Å²) in [5, 5.41) is 0. The van der Waals surface area contributed by atoms with Crippen LogP contribution in [0.1, 0.15) is 106 Å².